The zero-order chi connectivity index (χ0) is 17.1. The molecule has 0 unspecified atom stereocenters. The highest BCUT2D eigenvalue weighted by Crippen LogP contribution is 2.27. The summed E-state index contributed by atoms with van der Waals surface area (Å²) in [4.78, 5) is 11.8. The van der Waals surface area contributed by atoms with E-state index >= 15 is 0 Å². The third-order valence-electron chi connectivity index (χ3n) is 3.98. The SMILES string of the molecule is CCc1cc2c(CNc3ccc(OC)cc3)cc(=O)oc2cc1O. The van der Waals surface area contributed by atoms with Crippen molar-refractivity contribution < 1.29 is 14.3 Å². The minimum atomic E-state index is -0.433. The van der Waals surface area contributed by atoms with Crippen molar-refractivity contribution in [2.45, 2.75) is 19.9 Å². The lowest BCUT2D eigenvalue weighted by molar-refractivity contribution is 0.415. The summed E-state index contributed by atoms with van der Waals surface area (Å²) in [5.74, 6) is 0.933. The molecule has 124 valence electrons. The lowest BCUT2D eigenvalue weighted by Crippen LogP contribution is -2.06. The average molecular weight is 325 g/mol. The van der Waals surface area contributed by atoms with Crippen LogP contribution in [0, 0.1) is 0 Å². The number of ether oxygens (including phenoxy) is 1. The van der Waals surface area contributed by atoms with Gasteiger partial charge in [-0.2, -0.15) is 0 Å². The van der Waals surface area contributed by atoms with Crippen LogP contribution in [0.4, 0.5) is 5.69 Å². The molecule has 0 saturated carbocycles. The molecule has 5 heteroatoms. The lowest BCUT2D eigenvalue weighted by atomic mass is 10.0. The molecule has 0 amide bonds. The molecule has 3 aromatic rings. The van der Waals surface area contributed by atoms with E-state index < -0.39 is 5.63 Å². The van der Waals surface area contributed by atoms with Gasteiger partial charge in [0.25, 0.3) is 0 Å². The van der Waals surface area contributed by atoms with Gasteiger partial charge in [-0.05, 0) is 47.9 Å². The number of phenols is 1. The summed E-state index contributed by atoms with van der Waals surface area (Å²) < 4.78 is 10.3. The van der Waals surface area contributed by atoms with Gasteiger partial charge >= 0.3 is 5.63 Å². The van der Waals surface area contributed by atoms with Crippen LogP contribution in [0.25, 0.3) is 11.0 Å². The Hall–Kier alpha value is -2.95. The number of benzene rings is 2. The molecule has 24 heavy (non-hydrogen) atoms. The van der Waals surface area contributed by atoms with Gasteiger partial charge in [0.1, 0.15) is 17.1 Å². The number of aryl methyl sites for hydroxylation is 1. The van der Waals surface area contributed by atoms with Crippen molar-refractivity contribution in [3.05, 3.63) is 64.0 Å². The predicted octanol–water partition coefficient (Wildman–Crippen LogP) is 3.68. The van der Waals surface area contributed by atoms with E-state index in [-0.39, 0.29) is 5.75 Å². The molecular weight excluding hydrogens is 306 g/mol. The Morgan fingerprint density at radius 3 is 2.54 bits per heavy atom. The van der Waals surface area contributed by atoms with Crippen LogP contribution < -0.4 is 15.7 Å². The summed E-state index contributed by atoms with van der Waals surface area (Å²) in [6.45, 7) is 2.44. The van der Waals surface area contributed by atoms with E-state index in [0.29, 0.717) is 18.5 Å². The fourth-order valence-electron chi connectivity index (χ4n) is 2.64. The van der Waals surface area contributed by atoms with E-state index in [4.69, 9.17) is 9.15 Å². The second kappa shape index (κ2) is 6.66. The number of aromatic hydroxyl groups is 1. The van der Waals surface area contributed by atoms with Crippen LogP contribution in [0.15, 0.2) is 51.7 Å². The van der Waals surface area contributed by atoms with E-state index in [1.54, 1.807) is 7.11 Å². The molecule has 5 nitrogen and oxygen atoms in total. The highest BCUT2D eigenvalue weighted by atomic mass is 16.5. The summed E-state index contributed by atoms with van der Waals surface area (Å²) >= 11 is 0. The van der Waals surface area contributed by atoms with Gasteiger partial charge in [0.2, 0.25) is 0 Å². The Balaban J connectivity index is 1.94. The number of hydrogen-bond donors (Lipinski definition) is 2. The van der Waals surface area contributed by atoms with Crippen molar-refractivity contribution in [2.24, 2.45) is 0 Å². The molecule has 1 aromatic heterocycles. The zero-order valence-corrected chi connectivity index (χ0v) is 13.6. The van der Waals surface area contributed by atoms with Crippen LogP contribution in [-0.2, 0) is 13.0 Å². The van der Waals surface area contributed by atoms with Crippen LogP contribution in [-0.4, -0.2) is 12.2 Å². The quantitative estimate of drug-likeness (QED) is 0.700. The largest absolute Gasteiger partial charge is 0.508 e. The first-order valence-corrected chi connectivity index (χ1v) is 7.77. The Kier molecular flexibility index (Phi) is 4.42. The maximum absolute atomic E-state index is 11.8. The Bertz CT molecular complexity index is 913. The van der Waals surface area contributed by atoms with E-state index in [0.717, 1.165) is 28.0 Å². The molecule has 1 heterocycles. The standard InChI is InChI=1S/C19H19NO4/c1-3-12-8-16-13(9-19(22)24-18(16)10-17(12)21)11-20-14-4-6-15(23-2)7-5-14/h4-10,20-21H,3,11H2,1-2H3. The third kappa shape index (κ3) is 3.20. The molecule has 0 bridgehead atoms. The molecule has 0 fully saturated rings. The predicted molar refractivity (Wildman–Crippen MR) is 93.8 cm³/mol. The molecule has 2 N–H and O–H groups in total. The van der Waals surface area contributed by atoms with Crippen molar-refractivity contribution in [1.82, 2.24) is 0 Å². The topological polar surface area (TPSA) is 71.7 Å². The van der Waals surface area contributed by atoms with Crippen molar-refractivity contribution in [1.29, 1.82) is 0 Å². The van der Waals surface area contributed by atoms with Gasteiger partial charge in [0.05, 0.1) is 7.11 Å². The highest BCUT2D eigenvalue weighted by molar-refractivity contribution is 5.83. The third-order valence-corrected chi connectivity index (χ3v) is 3.98. The van der Waals surface area contributed by atoms with E-state index in [1.165, 1.54) is 12.1 Å². The molecule has 0 aliphatic heterocycles. The number of nitrogens with one attached hydrogen (secondary N) is 1. The first-order chi connectivity index (χ1) is 11.6. The molecule has 0 spiro atoms. The molecule has 2 aromatic carbocycles. The van der Waals surface area contributed by atoms with E-state index in [2.05, 4.69) is 5.32 Å². The van der Waals surface area contributed by atoms with Crippen LogP contribution in [0.2, 0.25) is 0 Å². The van der Waals surface area contributed by atoms with E-state index in [9.17, 15) is 9.90 Å². The van der Waals surface area contributed by atoms with Gasteiger partial charge in [-0.3, -0.25) is 0 Å². The van der Waals surface area contributed by atoms with Crippen LogP contribution in [0.1, 0.15) is 18.1 Å². The Morgan fingerprint density at radius 2 is 1.88 bits per heavy atom. The van der Waals surface area contributed by atoms with E-state index in [1.807, 2.05) is 37.3 Å². The Labute approximate surface area is 139 Å². The van der Waals surface area contributed by atoms with Gasteiger partial charge < -0.3 is 19.6 Å². The summed E-state index contributed by atoms with van der Waals surface area (Å²) in [6, 6.07) is 12.4. The summed E-state index contributed by atoms with van der Waals surface area (Å²) in [5.41, 5.74) is 2.53. The molecule has 3 rings (SSSR count). The monoisotopic (exact) mass is 325 g/mol. The van der Waals surface area contributed by atoms with Crippen molar-refractivity contribution in [3.8, 4) is 11.5 Å². The summed E-state index contributed by atoms with van der Waals surface area (Å²) in [7, 11) is 1.62. The minimum absolute atomic E-state index is 0.147. The summed E-state index contributed by atoms with van der Waals surface area (Å²) in [6.07, 6.45) is 0.701. The highest BCUT2D eigenvalue weighted by Gasteiger charge is 2.10. The number of fused-ring (bicyclic) bond motifs is 1. The van der Waals surface area contributed by atoms with Gasteiger partial charge in [-0.15, -0.1) is 0 Å². The minimum Gasteiger partial charge on any atom is -0.508 e. The van der Waals surface area contributed by atoms with Gasteiger partial charge in [-0.25, -0.2) is 4.79 Å². The smallest absolute Gasteiger partial charge is 0.336 e. The average Bonchev–Trinajstić information content (AvgIpc) is 2.59. The first-order valence-electron chi connectivity index (χ1n) is 7.77. The molecular formula is C19H19NO4. The van der Waals surface area contributed by atoms with Crippen molar-refractivity contribution >= 4 is 16.7 Å². The fourth-order valence-corrected chi connectivity index (χ4v) is 2.64. The van der Waals surface area contributed by atoms with Gasteiger partial charge in [-0.1, -0.05) is 6.92 Å². The molecule has 0 radical (unpaired) electrons. The van der Waals surface area contributed by atoms with Crippen LogP contribution in [0.3, 0.4) is 0 Å². The number of hydrogen-bond acceptors (Lipinski definition) is 5. The zero-order valence-electron chi connectivity index (χ0n) is 13.6. The molecule has 0 aliphatic rings. The fraction of sp³-hybridized carbons (Fsp3) is 0.211. The molecule has 0 atom stereocenters. The molecule has 0 aliphatic carbocycles. The van der Waals surface area contributed by atoms with Gasteiger partial charge in [0.15, 0.2) is 0 Å². The second-order valence-electron chi connectivity index (χ2n) is 5.50. The van der Waals surface area contributed by atoms with Crippen molar-refractivity contribution in [3.63, 3.8) is 0 Å². The normalized spacial score (nSPS) is 10.8. The number of rotatable bonds is 5. The van der Waals surface area contributed by atoms with Gasteiger partial charge in [0, 0.05) is 29.8 Å². The first kappa shape index (κ1) is 15.9. The Morgan fingerprint density at radius 1 is 1.12 bits per heavy atom. The summed E-state index contributed by atoms with van der Waals surface area (Å²) in [5, 5.41) is 14.1. The van der Waals surface area contributed by atoms with Crippen LogP contribution in [0.5, 0.6) is 11.5 Å². The number of methoxy groups -OCH3 is 1. The maximum Gasteiger partial charge on any atom is 0.336 e. The van der Waals surface area contributed by atoms with Crippen LogP contribution >= 0.6 is 0 Å². The maximum atomic E-state index is 11.8. The number of phenolic OH excluding ortho intramolecular Hbond substituents is 1. The second-order valence-corrected chi connectivity index (χ2v) is 5.50. The van der Waals surface area contributed by atoms with Crippen molar-refractivity contribution in [2.75, 3.05) is 12.4 Å². The molecule has 0 saturated heterocycles. The lowest BCUT2D eigenvalue weighted by Gasteiger charge is -2.11. The number of anilines is 1.